The van der Waals surface area contributed by atoms with Crippen LogP contribution in [-0.4, -0.2) is 35.2 Å². The van der Waals surface area contributed by atoms with E-state index in [9.17, 15) is 0 Å². The minimum atomic E-state index is 0.487. The third-order valence-corrected chi connectivity index (χ3v) is 6.07. The standard InChI is InChI=1S/C22H23ClN4O/c1-28-19-5-3-2-4-16(19)14-8-10-27(11-9-14)22-17-12-20(23)24-13-18(17)25-21(26-22)15-6-7-15/h2-5,12-15H,6-11H2,1H3. The van der Waals surface area contributed by atoms with E-state index in [4.69, 9.17) is 26.3 Å². The van der Waals surface area contributed by atoms with Crippen molar-refractivity contribution in [2.45, 2.75) is 37.5 Å². The summed E-state index contributed by atoms with van der Waals surface area (Å²) >= 11 is 6.18. The summed E-state index contributed by atoms with van der Waals surface area (Å²) in [6.45, 7) is 1.91. The van der Waals surface area contributed by atoms with Crippen LogP contribution in [0.2, 0.25) is 5.15 Å². The Hall–Kier alpha value is -2.40. The van der Waals surface area contributed by atoms with Crippen molar-refractivity contribution in [2.24, 2.45) is 0 Å². The van der Waals surface area contributed by atoms with E-state index in [1.165, 1.54) is 18.4 Å². The number of methoxy groups -OCH3 is 1. The van der Waals surface area contributed by atoms with Gasteiger partial charge in [0, 0.05) is 24.4 Å². The number of hydrogen-bond acceptors (Lipinski definition) is 5. The van der Waals surface area contributed by atoms with Crippen LogP contribution in [0.1, 0.15) is 48.9 Å². The molecule has 0 amide bonds. The summed E-state index contributed by atoms with van der Waals surface area (Å²) < 4.78 is 5.57. The highest BCUT2D eigenvalue weighted by Crippen LogP contribution is 2.41. The molecule has 2 aliphatic rings. The Labute approximate surface area is 169 Å². The minimum Gasteiger partial charge on any atom is -0.496 e. The first-order chi connectivity index (χ1) is 13.7. The molecule has 3 heterocycles. The number of aromatic nitrogens is 3. The van der Waals surface area contributed by atoms with E-state index in [0.717, 1.165) is 54.2 Å². The number of pyridine rings is 1. The number of benzene rings is 1. The first-order valence-corrected chi connectivity index (χ1v) is 10.3. The fourth-order valence-electron chi connectivity index (χ4n) is 4.18. The monoisotopic (exact) mass is 394 g/mol. The van der Waals surface area contributed by atoms with Crippen LogP contribution in [0.3, 0.4) is 0 Å². The van der Waals surface area contributed by atoms with Crippen LogP contribution < -0.4 is 9.64 Å². The molecule has 2 fully saturated rings. The number of piperidine rings is 1. The molecule has 1 saturated heterocycles. The fourth-order valence-corrected chi connectivity index (χ4v) is 4.34. The maximum absolute atomic E-state index is 6.18. The third-order valence-electron chi connectivity index (χ3n) is 5.86. The average Bonchev–Trinajstić information content (AvgIpc) is 3.58. The second-order valence-electron chi connectivity index (χ2n) is 7.71. The van der Waals surface area contributed by atoms with Gasteiger partial charge in [0.1, 0.15) is 22.5 Å². The zero-order chi connectivity index (χ0) is 19.1. The summed E-state index contributed by atoms with van der Waals surface area (Å²) in [6.07, 6.45) is 6.28. The Bertz CT molecular complexity index is 1010. The van der Waals surface area contributed by atoms with Gasteiger partial charge in [-0.2, -0.15) is 0 Å². The van der Waals surface area contributed by atoms with Gasteiger partial charge in [0.05, 0.1) is 18.8 Å². The average molecular weight is 395 g/mol. The van der Waals surface area contributed by atoms with Crippen LogP contribution in [0, 0.1) is 0 Å². The second-order valence-corrected chi connectivity index (χ2v) is 8.09. The molecule has 1 aromatic carbocycles. The summed E-state index contributed by atoms with van der Waals surface area (Å²) in [7, 11) is 1.75. The molecule has 0 bridgehead atoms. The number of halogens is 1. The van der Waals surface area contributed by atoms with Gasteiger partial charge in [-0.05, 0) is 49.3 Å². The molecule has 2 aromatic heterocycles. The predicted octanol–water partition coefficient (Wildman–Crippen LogP) is 4.95. The summed E-state index contributed by atoms with van der Waals surface area (Å²) in [6, 6.07) is 10.3. The molecule has 3 aromatic rings. The van der Waals surface area contributed by atoms with E-state index >= 15 is 0 Å². The van der Waals surface area contributed by atoms with Crippen LogP contribution in [0.5, 0.6) is 5.75 Å². The first-order valence-electron chi connectivity index (χ1n) is 9.94. The lowest BCUT2D eigenvalue weighted by Gasteiger charge is -2.34. The van der Waals surface area contributed by atoms with Crippen molar-refractivity contribution >= 4 is 28.3 Å². The van der Waals surface area contributed by atoms with Crippen molar-refractivity contribution in [3.63, 3.8) is 0 Å². The van der Waals surface area contributed by atoms with Crippen LogP contribution in [0.25, 0.3) is 10.9 Å². The van der Waals surface area contributed by atoms with Gasteiger partial charge >= 0.3 is 0 Å². The van der Waals surface area contributed by atoms with Gasteiger partial charge in [0.15, 0.2) is 0 Å². The molecule has 5 rings (SSSR count). The van der Waals surface area contributed by atoms with Gasteiger partial charge in [-0.25, -0.2) is 15.0 Å². The summed E-state index contributed by atoms with van der Waals surface area (Å²) in [5.41, 5.74) is 2.20. The quantitative estimate of drug-likeness (QED) is 0.586. The van der Waals surface area contributed by atoms with Crippen molar-refractivity contribution in [1.29, 1.82) is 0 Å². The van der Waals surface area contributed by atoms with Gasteiger partial charge in [0.2, 0.25) is 0 Å². The molecule has 0 N–H and O–H groups in total. The number of fused-ring (bicyclic) bond motifs is 1. The van der Waals surface area contributed by atoms with E-state index in [0.29, 0.717) is 17.0 Å². The Morgan fingerprint density at radius 3 is 2.57 bits per heavy atom. The SMILES string of the molecule is COc1ccccc1C1CCN(c2nc(C3CC3)nc3cnc(Cl)cc23)CC1. The molecule has 1 saturated carbocycles. The van der Waals surface area contributed by atoms with Gasteiger partial charge in [-0.1, -0.05) is 29.8 Å². The molecule has 1 aliphatic carbocycles. The summed E-state index contributed by atoms with van der Waals surface area (Å²) in [5, 5.41) is 1.49. The Morgan fingerprint density at radius 1 is 1.04 bits per heavy atom. The van der Waals surface area contributed by atoms with Crippen LogP contribution in [-0.2, 0) is 0 Å². The molecule has 0 atom stereocenters. The lowest BCUT2D eigenvalue weighted by Crippen LogP contribution is -2.34. The molecule has 0 radical (unpaired) electrons. The Balaban J connectivity index is 1.44. The number of anilines is 1. The zero-order valence-corrected chi connectivity index (χ0v) is 16.7. The van der Waals surface area contributed by atoms with Gasteiger partial charge in [0.25, 0.3) is 0 Å². The van der Waals surface area contributed by atoms with E-state index < -0.39 is 0 Å². The number of para-hydroxylation sites is 1. The molecule has 144 valence electrons. The van der Waals surface area contributed by atoms with E-state index in [2.05, 4.69) is 28.1 Å². The van der Waals surface area contributed by atoms with Gasteiger partial charge in [-0.3, -0.25) is 0 Å². The second kappa shape index (κ2) is 7.21. The number of ether oxygens (including phenoxy) is 1. The van der Waals surface area contributed by atoms with Crippen molar-refractivity contribution in [1.82, 2.24) is 15.0 Å². The first kappa shape index (κ1) is 17.7. The van der Waals surface area contributed by atoms with E-state index in [1.807, 2.05) is 12.1 Å². The Morgan fingerprint density at radius 2 is 1.82 bits per heavy atom. The number of hydrogen-bond donors (Lipinski definition) is 0. The molecule has 28 heavy (non-hydrogen) atoms. The molecular weight excluding hydrogens is 372 g/mol. The lowest BCUT2D eigenvalue weighted by molar-refractivity contribution is 0.397. The molecule has 0 unspecified atom stereocenters. The van der Waals surface area contributed by atoms with Crippen molar-refractivity contribution < 1.29 is 4.74 Å². The van der Waals surface area contributed by atoms with Crippen molar-refractivity contribution in [3.8, 4) is 5.75 Å². The zero-order valence-electron chi connectivity index (χ0n) is 15.9. The van der Waals surface area contributed by atoms with Crippen LogP contribution >= 0.6 is 11.6 Å². The maximum Gasteiger partial charge on any atom is 0.140 e. The molecule has 1 aliphatic heterocycles. The highest BCUT2D eigenvalue weighted by molar-refractivity contribution is 6.30. The third kappa shape index (κ3) is 3.28. The van der Waals surface area contributed by atoms with Crippen molar-refractivity contribution in [3.05, 3.63) is 53.1 Å². The van der Waals surface area contributed by atoms with Crippen LogP contribution in [0.15, 0.2) is 36.5 Å². The van der Waals surface area contributed by atoms with Gasteiger partial charge in [-0.15, -0.1) is 0 Å². The fraction of sp³-hybridized carbons (Fsp3) is 0.409. The smallest absolute Gasteiger partial charge is 0.140 e. The highest BCUT2D eigenvalue weighted by Gasteiger charge is 2.30. The lowest BCUT2D eigenvalue weighted by atomic mass is 9.88. The van der Waals surface area contributed by atoms with Crippen LogP contribution in [0.4, 0.5) is 5.82 Å². The molecule has 5 nitrogen and oxygen atoms in total. The molecule has 0 spiro atoms. The number of rotatable bonds is 4. The molecule has 6 heteroatoms. The van der Waals surface area contributed by atoms with E-state index in [-0.39, 0.29) is 0 Å². The topological polar surface area (TPSA) is 51.1 Å². The predicted molar refractivity (Wildman–Crippen MR) is 112 cm³/mol. The largest absolute Gasteiger partial charge is 0.496 e. The number of nitrogens with zero attached hydrogens (tertiary/aromatic N) is 4. The normalized spacial score (nSPS) is 17.9. The molecular formula is C22H23ClN4O. The minimum absolute atomic E-state index is 0.487. The van der Waals surface area contributed by atoms with E-state index in [1.54, 1.807) is 13.3 Å². The van der Waals surface area contributed by atoms with Crippen molar-refractivity contribution in [2.75, 3.05) is 25.1 Å². The Kier molecular flexibility index (Phi) is 4.55. The summed E-state index contributed by atoms with van der Waals surface area (Å²) in [4.78, 5) is 16.3. The maximum atomic E-state index is 6.18. The summed E-state index contributed by atoms with van der Waals surface area (Å²) in [5.74, 6) is 3.97. The highest BCUT2D eigenvalue weighted by atomic mass is 35.5. The van der Waals surface area contributed by atoms with Gasteiger partial charge < -0.3 is 9.64 Å².